The first-order valence-corrected chi connectivity index (χ1v) is 17.8. The molecule has 6 nitrogen and oxygen atoms in total. The van der Waals surface area contributed by atoms with Crippen molar-refractivity contribution in [1.82, 2.24) is 0 Å². The molecule has 2 saturated heterocycles. The third-order valence-corrected chi connectivity index (χ3v) is 11.7. The molecular formula is C30H38BrFN2O4Si. The van der Waals surface area contributed by atoms with Crippen molar-refractivity contribution in [3.63, 3.8) is 0 Å². The number of hydrogen-bond acceptors (Lipinski definition) is 4. The highest BCUT2D eigenvalue weighted by atomic mass is 79.9. The van der Waals surface area contributed by atoms with Crippen LogP contribution in [0.1, 0.15) is 56.6 Å². The van der Waals surface area contributed by atoms with E-state index >= 15 is 4.11 Å². The van der Waals surface area contributed by atoms with Gasteiger partial charge in [-0.25, -0.2) is 0 Å². The van der Waals surface area contributed by atoms with E-state index in [0.29, 0.717) is 19.4 Å². The first-order chi connectivity index (χ1) is 18.6. The smallest absolute Gasteiger partial charge is 0.264 e. The standard InChI is InChI=1S/C30H38BrFN2O4Si/c1-20-28(39(2,3)32)26(15-17-35)38-30(20)24-18-22(31)11-14-25(24)34(29(30)37)19-21-9-12-23(13-10-21)33-16-7-5-4-6-8-27(33)36/h9-14,18,20,26,28,35H,4-8,15-17,19H2,1-3H3/t20-,26+,28-,30+/m1/s1. The Balaban J connectivity index is 1.46. The zero-order valence-electron chi connectivity index (χ0n) is 23.0. The SMILES string of the molecule is C[C@@H]1[C@@H]([Si](C)(C)F)[C@H](CCO)O[C@@]12C(=O)N(Cc1ccc(N3CCCCCCC3=O)cc1)c1ccc(Br)cc12. The molecule has 2 fully saturated rings. The van der Waals surface area contributed by atoms with E-state index in [2.05, 4.69) is 15.9 Å². The average molecular weight is 618 g/mol. The van der Waals surface area contributed by atoms with Gasteiger partial charge in [0, 0.05) is 46.8 Å². The molecule has 0 saturated carbocycles. The second-order valence-corrected chi connectivity index (χ2v) is 16.4. The minimum absolute atomic E-state index is 0.121. The number of hydrogen-bond donors (Lipinski definition) is 1. The van der Waals surface area contributed by atoms with Gasteiger partial charge < -0.3 is 23.8 Å². The van der Waals surface area contributed by atoms with Gasteiger partial charge in [-0.05, 0) is 68.3 Å². The molecule has 0 bridgehead atoms. The van der Waals surface area contributed by atoms with Crippen LogP contribution >= 0.6 is 15.9 Å². The molecule has 3 heterocycles. The summed E-state index contributed by atoms with van der Waals surface area (Å²) in [7, 11) is -3.23. The van der Waals surface area contributed by atoms with Crippen molar-refractivity contribution < 1.29 is 23.5 Å². The summed E-state index contributed by atoms with van der Waals surface area (Å²) in [5.41, 5.74) is 1.62. The zero-order chi connectivity index (χ0) is 27.9. The summed E-state index contributed by atoms with van der Waals surface area (Å²) >= 11 is 3.56. The number of nitrogens with zero attached hydrogens (tertiary/aromatic N) is 2. The van der Waals surface area contributed by atoms with Gasteiger partial charge >= 0.3 is 0 Å². The number of ether oxygens (including phenoxy) is 1. The first-order valence-electron chi connectivity index (χ1n) is 14.1. The van der Waals surface area contributed by atoms with E-state index in [1.54, 1.807) is 18.0 Å². The van der Waals surface area contributed by atoms with Crippen LogP contribution in [0.4, 0.5) is 15.5 Å². The van der Waals surface area contributed by atoms with Gasteiger partial charge in [0.1, 0.15) is 0 Å². The molecule has 1 spiro atoms. The predicted octanol–water partition coefficient (Wildman–Crippen LogP) is 6.45. The van der Waals surface area contributed by atoms with Crippen molar-refractivity contribution in [3.8, 4) is 0 Å². The number of aliphatic hydroxyl groups is 1. The van der Waals surface area contributed by atoms with Crippen LogP contribution in [-0.2, 0) is 26.5 Å². The highest BCUT2D eigenvalue weighted by molar-refractivity contribution is 9.10. The van der Waals surface area contributed by atoms with E-state index < -0.39 is 25.7 Å². The van der Waals surface area contributed by atoms with Crippen molar-refractivity contribution in [2.75, 3.05) is 23.0 Å². The van der Waals surface area contributed by atoms with Gasteiger partial charge in [0.25, 0.3) is 5.91 Å². The Morgan fingerprint density at radius 2 is 1.82 bits per heavy atom. The molecule has 9 heteroatoms. The van der Waals surface area contributed by atoms with Gasteiger partial charge in [0.05, 0.1) is 18.3 Å². The summed E-state index contributed by atoms with van der Waals surface area (Å²) < 4.78 is 23.1. The fourth-order valence-corrected chi connectivity index (χ4v) is 9.87. The van der Waals surface area contributed by atoms with Gasteiger partial charge in [-0.15, -0.1) is 0 Å². The molecule has 2 amide bonds. The molecule has 2 aromatic carbocycles. The number of aliphatic hydroxyl groups excluding tert-OH is 1. The monoisotopic (exact) mass is 616 g/mol. The van der Waals surface area contributed by atoms with Crippen molar-refractivity contribution in [3.05, 3.63) is 58.1 Å². The Hall–Kier alpha value is -2.07. The van der Waals surface area contributed by atoms with Crippen molar-refractivity contribution in [1.29, 1.82) is 0 Å². The Kier molecular flexibility index (Phi) is 8.08. The highest BCUT2D eigenvalue weighted by Gasteiger charge is 2.66. The highest BCUT2D eigenvalue weighted by Crippen LogP contribution is 2.60. The van der Waals surface area contributed by atoms with Crippen molar-refractivity contribution >= 4 is 47.5 Å². The van der Waals surface area contributed by atoms with E-state index in [1.807, 2.05) is 54.3 Å². The van der Waals surface area contributed by atoms with Gasteiger partial charge in [-0.3, -0.25) is 9.59 Å². The van der Waals surface area contributed by atoms with E-state index in [1.165, 1.54) is 0 Å². The van der Waals surface area contributed by atoms with E-state index in [-0.39, 0.29) is 24.3 Å². The molecule has 5 rings (SSSR count). The van der Waals surface area contributed by atoms with Crippen LogP contribution in [0.15, 0.2) is 46.9 Å². The summed E-state index contributed by atoms with van der Waals surface area (Å²) in [5, 5.41) is 9.73. The van der Waals surface area contributed by atoms with Gasteiger partial charge in [0.15, 0.2) is 5.60 Å². The fourth-order valence-electron chi connectivity index (χ4n) is 6.97. The van der Waals surface area contributed by atoms with E-state index in [4.69, 9.17) is 4.74 Å². The Morgan fingerprint density at radius 1 is 1.10 bits per heavy atom. The Bertz CT molecular complexity index is 1240. The van der Waals surface area contributed by atoms with Crippen LogP contribution in [0.25, 0.3) is 0 Å². The van der Waals surface area contributed by atoms with Crippen LogP contribution in [0.2, 0.25) is 18.6 Å². The molecule has 39 heavy (non-hydrogen) atoms. The van der Waals surface area contributed by atoms with Crippen molar-refractivity contribution in [2.24, 2.45) is 5.92 Å². The third-order valence-electron chi connectivity index (χ3n) is 8.75. The Labute approximate surface area is 239 Å². The quantitative estimate of drug-likeness (QED) is 0.299. The van der Waals surface area contributed by atoms with E-state index in [9.17, 15) is 14.7 Å². The summed E-state index contributed by atoms with van der Waals surface area (Å²) in [6, 6.07) is 13.6. The maximum Gasteiger partial charge on any atom is 0.264 e. The molecule has 0 radical (unpaired) electrons. The third kappa shape index (κ3) is 5.11. The largest absolute Gasteiger partial charge is 0.396 e. The molecule has 3 aliphatic rings. The number of benzene rings is 2. The molecule has 4 atom stereocenters. The molecule has 1 N–H and O–H groups in total. The normalized spacial score (nSPS) is 27.7. The summed E-state index contributed by atoms with van der Waals surface area (Å²) in [5.74, 6) is -0.404. The molecule has 3 aliphatic heterocycles. The second kappa shape index (κ2) is 11.1. The maximum atomic E-state index is 15.7. The maximum absolute atomic E-state index is 15.7. The summed E-state index contributed by atoms with van der Waals surface area (Å²) in [4.78, 5) is 30.7. The van der Waals surface area contributed by atoms with Gasteiger partial charge in [-0.2, -0.15) is 0 Å². The second-order valence-electron chi connectivity index (χ2n) is 11.7. The first kappa shape index (κ1) is 28.5. The average Bonchev–Trinajstić information content (AvgIpc) is 3.29. The topological polar surface area (TPSA) is 70.1 Å². The number of halogens is 2. The lowest BCUT2D eigenvalue weighted by Gasteiger charge is -2.31. The minimum atomic E-state index is -3.23. The number of fused-ring (bicyclic) bond motifs is 2. The van der Waals surface area contributed by atoms with Crippen LogP contribution in [-0.4, -0.2) is 44.6 Å². The summed E-state index contributed by atoms with van der Waals surface area (Å²) in [6.45, 7) is 6.20. The van der Waals surface area contributed by atoms with E-state index in [0.717, 1.165) is 59.2 Å². The lowest BCUT2D eigenvalue weighted by molar-refractivity contribution is -0.146. The predicted molar refractivity (Wildman–Crippen MR) is 157 cm³/mol. The Morgan fingerprint density at radius 3 is 2.51 bits per heavy atom. The van der Waals surface area contributed by atoms with Crippen molar-refractivity contribution in [2.45, 2.75) is 82.3 Å². The number of anilines is 2. The van der Waals surface area contributed by atoms with Crippen LogP contribution in [0.5, 0.6) is 0 Å². The molecule has 0 aromatic heterocycles. The van der Waals surface area contributed by atoms with Crippen LogP contribution in [0, 0.1) is 5.92 Å². The lowest BCUT2D eigenvalue weighted by atomic mass is 9.82. The summed E-state index contributed by atoms with van der Waals surface area (Å²) in [6.07, 6.45) is 4.53. The van der Waals surface area contributed by atoms with Gasteiger partial charge in [-0.1, -0.05) is 47.8 Å². The number of carbonyl (C=O) groups is 2. The zero-order valence-corrected chi connectivity index (χ0v) is 25.5. The number of amides is 2. The number of rotatable bonds is 6. The van der Waals surface area contributed by atoms with Crippen LogP contribution in [0.3, 0.4) is 0 Å². The molecular weight excluding hydrogens is 579 g/mol. The molecule has 210 valence electrons. The molecule has 0 aliphatic carbocycles. The lowest BCUT2D eigenvalue weighted by Crippen LogP contribution is -2.45. The minimum Gasteiger partial charge on any atom is -0.396 e. The van der Waals surface area contributed by atoms with Gasteiger partial charge in [0.2, 0.25) is 14.3 Å². The van der Waals surface area contributed by atoms with Crippen LogP contribution < -0.4 is 9.80 Å². The molecule has 2 aromatic rings. The fraction of sp³-hybridized carbons (Fsp3) is 0.533. The number of carbonyl (C=O) groups excluding carboxylic acids is 2. The molecule has 0 unspecified atom stereocenters.